The van der Waals surface area contributed by atoms with Crippen molar-refractivity contribution in [1.82, 2.24) is 9.88 Å². The van der Waals surface area contributed by atoms with E-state index in [9.17, 15) is 9.90 Å². The van der Waals surface area contributed by atoms with Crippen molar-refractivity contribution in [2.45, 2.75) is 19.1 Å². The van der Waals surface area contributed by atoms with Gasteiger partial charge in [0.15, 0.2) is 6.23 Å². The molecular weight excluding hydrogens is 344 g/mol. The van der Waals surface area contributed by atoms with Gasteiger partial charge in [-0.15, -0.1) is 0 Å². The fourth-order valence-corrected chi connectivity index (χ4v) is 3.38. The molecule has 1 N–H and O–H groups in total. The minimum atomic E-state index is -0.958. The van der Waals surface area contributed by atoms with Gasteiger partial charge in [0, 0.05) is 36.0 Å². The van der Waals surface area contributed by atoms with E-state index in [2.05, 4.69) is 0 Å². The highest BCUT2D eigenvalue weighted by Crippen LogP contribution is 2.34. The molecule has 1 atom stereocenters. The molecule has 4 rings (SSSR count). The number of carbonyl (C=O) groups is 1. The highest BCUT2D eigenvalue weighted by atomic mass is 16.5. The third-order valence-corrected chi connectivity index (χ3v) is 4.76. The zero-order valence-electron chi connectivity index (χ0n) is 15.0. The molecule has 0 aliphatic carbocycles. The maximum Gasteiger partial charge on any atom is 0.410 e. The summed E-state index contributed by atoms with van der Waals surface area (Å²) in [5.41, 5.74) is 2.48. The van der Waals surface area contributed by atoms with E-state index in [1.54, 1.807) is 7.11 Å². The first-order valence-electron chi connectivity index (χ1n) is 8.86. The summed E-state index contributed by atoms with van der Waals surface area (Å²) in [4.78, 5) is 17.6. The van der Waals surface area contributed by atoms with Gasteiger partial charge in [0.05, 0.1) is 18.3 Å². The highest BCUT2D eigenvalue weighted by molar-refractivity contribution is 5.89. The Bertz CT molecular complexity index is 975. The zero-order valence-corrected chi connectivity index (χ0v) is 15.0. The van der Waals surface area contributed by atoms with Gasteiger partial charge in [-0.05, 0) is 18.6 Å². The van der Waals surface area contributed by atoms with Gasteiger partial charge in [0.2, 0.25) is 0 Å². The first-order chi connectivity index (χ1) is 13.2. The van der Waals surface area contributed by atoms with Crippen LogP contribution in [0.3, 0.4) is 0 Å². The summed E-state index contributed by atoms with van der Waals surface area (Å²) in [5, 5.41) is 10.2. The number of amides is 1. The Labute approximate surface area is 157 Å². The van der Waals surface area contributed by atoms with Gasteiger partial charge in [-0.2, -0.15) is 0 Å². The maximum atomic E-state index is 11.5. The van der Waals surface area contributed by atoms with E-state index in [-0.39, 0.29) is 0 Å². The van der Waals surface area contributed by atoms with E-state index in [0.717, 1.165) is 28.6 Å². The molecule has 0 bridgehead atoms. The summed E-state index contributed by atoms with van der Waals surface area (Å²) in [6, 6.07) is 17.3. The molecular formula is C21H20N2O4. The molecule has 3 aromatic rings. The Hall–Kier alpha value is -3.28. The number of pyridine rings is 1. The van der Waals surface area contributed by atoms with Crippen LogP contribution in [0.25, 0.3) is 22.2 Å². The molecule has 1 amide bonds. The van der Waals surface area contributed by atoms with Crippen LogP contribution >= 0.6 is 0 Å². The number of carboxylic acid groups (broad SMARTS) is 1. The van der Waals surface area contributed by atoms with Crippen molar-refractivity contribution < 1.29 is 19.4 Å². The third-order valence-electron chi connectivity index (χ3n) is 4.76. The lowest BCUT2D eigenvalue weighted by Crippen LogP contribution is -2.38. The topological polar surface area (TPSA) is 71.9 Å². The van der Waals surface area contributed by atoms with E-state index in [1.807, 2.05) is 54.6 Å². The van der Waals surface area contributed by atoms with E-state index < -0.39 is 12.3 Å². The fourth-order valence-electron chi connectivity index (χ4n) is 3.38. The van der Waals surface area contributed by atoms with Crippen LogP contribution < -0.4 is 9.47 Å². The molecule has 1 aliphatic heterocycles. The average Bonchev–Trinajstić information content (AvgIpc) is 3.16. The Morgan fingerprint density at radius 2 is 2.00 bits per heavy atom. The molecule has 6 nitrogen and oxygen atoms in total. The molecule has 27 heavy (non-hydrogen) atoms. The largest absolute Gasteiger partial charge is 0.497 e. The van der Waals surface area contributed by atoms with Crippen LogP contribution in [-0.4, -0.2) is 41.0 Å². The van der Waals surface area contributed by atoms with E-state index in [1.165, 1.54) is 4.90 Å². The first-order valence-corrected chi connectivity index (χ1v) is 8.86. The summed E-state index contributed by atoms with van der Waals surface area (Å²) in [6.45, 7) is 0.488. The quantitative estimate of drug-likeness (QED) is 0.743. The second-order valence-electron chi connectivity index (χ2n) is 6.45. The first kappa shape index (κ1) is 17.1. The van der Waals surface area contributed by atoms with Crippen molar-refractivity contribution in [3.05, 3.63) is 54.6 Å². The number of rotatable bonds is 4. The van der Waals surface area contributed by atoms with Crippen LogP contribution in [0.4, 0.5) is 4.79 Å². The third kappa shape index (κ3) is 3.38. The molecule has 1 aliphatic rings. The second kappa shape index (κ2) is 7.15. The average molecular weight is 364 g/mol. The summed E-state index contributed by atoms with van der Waals surface area (Å²) in [5.74, 6) is 1.33. The Morgan fingerprint density at radius 1 is 1.19 bits per heavy atom. The zero-order chi connectivity index (χ0) is 18.8. The molecule has 6 heteroatoms. The van der Waals surface area contributed by atoms with Crippen molar-refractivity contribution in [3.8, 4) is 22.8 Å². The molecule has 0 spiro atoms. The summed E-state index contributed by atoms with van der Waals surface area (Å²) < 4.78 is 11.5. The Morgan fingerprint density at radius 3 is 2.74 bits per heavy atom. The second-order valence-corrected chi connectivity index (χ2v) is 6.45. The number of aromatic nitrogens is 1. The normalized spacial score (nSPS) is 16.5. The van der Waals surface area contributed by atoms with Crippen LogP contribution in [0.15, 0.2) is 54.6 Å². The predicted octanol–water partition coefficient (Wildman–Crippen LogP) is 4.39. The monoisotopic (exact) mass is 364 g/mol. The summed E-state index contributed by atoms with van der Waals surface area (Å²) in [6.07, 6.45) is 0.0198. The minimum absolute atomic E-state index is 0.487. The number of hydrogen-bond donors (Lipinski definition) is 1. The van der Waals surface area contributed by atoms with Gasteiger partial charge in [-0.3, -0.25) is 4.90 Å². The maximum absolute atomic E-state index is 11.5. The van der Waals surface area contributed by atoms with E-state index in [0.29, 0.717) is 24.5 Å². The molecule has 1 aromatic heterocycles. The SMILES string of the molecule is COc1ccc2c(O[C@@H]3CCCN3C(=O)O)cc(-c3ccccc3)nc2c1. The van der Waals surface area contributed by atoms with Crippen LogP contribution in [-0.2, 0) is 0 Å². The Kier molecular flexibility index (Phi) is 4.54. The summed E-state index contributed by atoms with van der Waals surface area (Å²) >= 11 is 0. The lowest BCUT2D eigenvalue weighted by Gasteiger charge is -2.23. The van der Waals surface area contributed by atoms with Crippen LogP contribution in [0.5, 0.6) is 11.5 Å². The Balaban J connectivity index is 1.81. The van der Waals surface area contributed by atoms with Crippen molar-refractivity contribution in [2.75, 3.05) is 13.7 Å². The lowest BCUT2D eigenvalue weighted by atomic mass is 10.1. The molecule has 1 saturated heterocycles. The van der Waals surface area contributed by atoms with Gasteiger partial charge >= 0.3 is 6.09 Å². The van der Waals surface area contributed by atoms with Crippen LogP contribution in [0.2, 0.25) is 0 Å². The van der Waals surface area contributed by atoms with Crippen LogP contribution in [0.1, 0.15) is 12.8 Å². The van der Waals surface area contributed by atoms with Crippen molar-refractivity contribution >= 4 is 17.0 Å². The summed E-state index contributed by atoms with van der Waals surface area (Å²) in [7, 11) is 1.61. The van der Waals surface area contributed by atoms with Crippen molar-refractivity contribution in [1.29, 1.82) is 0 Å². The molecule has 0 saturated carbocycles. The number of likely N-dealkylation sites (tertiary alicyclic amines) is 1. The predicted molar refractivity (Wildman–Crippen MR) is 102 cm³/mol. The number of ether oxygens (including phenoxy) is 2. The van der Waals surface area contributed by atoms with E-state index >= 15 is 0 Å². The number of benzene rings is 2. The van der Waals surface area contributed by atoms with Gasteiger partial charge in [-0.1, -0.05) is 30.3 Å². The van der Waals surface area contributed by atoms with Crippen LogP contribution in [0, 0.1) is 0 Å². The van der Waals surface area contributed by atoms with Crippen molar-refractivity contribution in [2.24, 2.45) is 0 Å². The molecule has 2 aromatic carbocycles. The highest BCUT2D eigenvalue weighted by Gasteiger charge is 2.30. The minimum Gasteiger partial charge on any atom is -0.497 e. The van der Waals surface area contributed by atoms with Crippen molar-refractivity contribution in [3.63, 3.8) is 0 Å². The lowest BCUT2D eigenvalue weighted by molar-refractivity contribution is 0.0590. The molecule has 0 radical (unpaired) electrons. The molecule has 0 unspecified atom stereocenters. The number of fused-ring (bicyclic) bond motifs is 1. The number of nitrogens with zero attached hydrogens (tertiary/aromatic N) is 2. The van der Waals surface area contributed by atoms with Gasteiger partial charge < -0.3 is 14.6 Å². The van der Waals surface area contributed by atoms with Gasteiger partial charge in [0.25, 0.3) is 0 Å². The smallest absolute Gasteiger partial charge is 0.410 e. The molecule has 1 fully saturated rings. The number of methoxy groups -OCH3 is 1. The molecule has 138 valence electrons. The van der Waals surface area contributed by atoms with Gasteiger partial charge in [-0.25, -0.2) is 9.78 Å². The standard InChI is InChI=1S/C21H20N2O4/c1-26-15-9-10-16-18(12-15)22-17(14-6-3-2-4-7-14)13-19(16)27-20-8-5-11-23(20)21(24)25/h2-4,6-7,9-10,12-13,20H,5,8,11H2,1H3,(H,24,25)/t20-/m1/s1. The fraction of sp³-hybridized carbons (Fsp3) is 0.238. The van der Waals surface area contributed by atoms with E-state index in [4.69, 9.17) is 14.5 Å². The van der Waals surface area contributed by atoms with Gasteiger partial charge in [0.1, 0.15) is 11.5 Å². The molecule has 2 heterocycles. The number of hydrogen-bond acceptors (Lipinski definition) is 4.